The Morgan fingerprint density at radius 1 is 1.04 bits per heavy atom. The van der Waals surface area contributed by atoms with Gasteiger partial charge in [0.05, 0.1) is 29.4 Å². The summed E-state index contributed by atoms with van der Waals surface area (Å²) < 4.78 is 12.6. The van der Waals surface area contributed by atoms with Crippen molar-refractivity contribution in [1.29, 1.82) is 0 Å². The first-order valence-corrected chi connectivity index (χ1v) is 8.57. The standard InChI is InChI=1S/C20H18O5/c21-12-7-8-14(23)19-18(12)13(22)9-10-20(19)24-15-5-1-3-11-4-2-6-16(25-20)17(11)15/h1-8,13-14,18-19,22-23H,9-10H2. The number of ether oxygens (including phenoxy) is 2. The zero-order chi connectivity index (χ0) is 17.2. The van der Waals surface area contributed by atoms with Gasteiger partial charge in [0.25, 0.3) is 5.79 Å². The SMILES string of the molecule is O=C1C=CC(O)C2C1C(O)CCC21Oc2cccc3cccc(c23)O1. The van der Waals surface area contributed by atoms with E-state index in [1.165, 1.54) is 12.2 Å². The third-order valence-electron chi connectivity index (χ3n) is 5.65. The molecule has 2 aromatic rings. The van der Waals surface area contributed by atoms with E-state index in [9.17, 15) is 15.0 Å². The topological polar surface area (TPSA) is 76.0 Å². The van der Waals surface area contributed by atoms with Crippen LogP contribution in [0.15, 0.2) is 48.6 Å². The van der Waals surface area contributed by atoms with Crippen LogP contribution in [0.4, 0.5) is 0 Å². The van der Waals surface area contributed by atoms with Crippen molar-refractivity contribution in [1.82, 2.24) is 0 Å². The highest BCUT2D eigenvalue weighted by Gasteiger charge is 2.59. The molecule has 5 rings (SSSR count). The molecule has 0 aromatic heterocycles. The maximum Gasteiger partial charge on any atom is 0.257 e. The Bertz CT molecular complexity index is 861. The summed E-state index contributed by atoms with van der Waals surface area (Å²) in [6, 6.07) is 11.6. The Kier molecular flexibility index (Phi) is 3.03. The Hall–Kier alpha value is -2.37. The van der Waals surface area contributed by atoms with Gasteiger partial charge in [0, 0.05) is 6.42 Å². The molecule has 1 fully saturated rings. The summed E-state index contributed by atoms with van der Waals surface area (Å²) in [6.45, 7) is 0. The van der Waals surface area contributed by atoms with Crippen LogP contribution in [-0.4, -0.2) is 34.0 Å². The van der Waals surface area contributed by atoms with Gasteiger partial charge in [-0.05, 0) is 30.0 Å². The van der Waals surface area contributed by atoms with Crippen molar-refractivity contribution in [3.05, 3.63) is 48.6 Å². The molecular formula is C20H18O5. The molecule has 1 aliphatic heterocycles. The first-order chi connectivity index (χ1) is 12.1. The number of hydrogen-bond acceptors (Lipinski definition) is 5. The summed E-state index contributed by atoms with van der Waals surface area (Å²) in [5, 5.41) is 22.9. The van der Waals surface area contributed by atoms with Crippen molar-refractivity contribution in [2.45, 2.75) is 30.8 Å². The second-order valence-corrected chi connectivity index (χ2v) is 7.04. The third-order valence-corrected chi connectivity index (χ3v) is 5.65. The van der Waals surface area contributed by atoms with Crippen molar-refractivity contribution < 1.29 is 24.5 Å². The summed E-state index contributed by atoms with van der Waals surface area (Å²) in [5.41, 5.74) is 0. The lowest BCUT2D eigenvalue weighted by Gasteiger charge is -2.51. The molecule has 2 N–H and O–H groups in total. The molecule has 2 aliphatic carbocycles. The lowest BCUT2D eigenvalue weighted by Crippen LogP contribution is -2.64. The van der Waals surface area contributed by atoms with E-state index in [-0.39, 0.29) is 5.78 Å². The predicted octanol–water partition coefficient (Wildman–Crippen LogP) is 2.19. The monoisotopic (exact) mass is 338 g/mol. The minimum atomic E-state index is -1.16. The number of carbonyl (C=O) groups excluding carboxylic acids is 1. The second kappa shape index (κ2) is 5.07. The van der Waals surface area contributed by atoms with Crippen molar-refractivity contribution in [2.75, 3.05) is 0 Å². The Labute approximate surface area is 144 Å². The highest BCUT2D eigenvalue weighted by Crippen LogP contribution is 2.51. The first-order valence-electron chi connectivity index (χ1n) is 8.57. The van der Waals surface area contributed by atoms with Gasteiger partial charge in [-0.3, -0.25) is 4.79 Å². The van der Waals surface area contributed by atoms with Gasteiger partial charge in [0.15, 0.2) is 5.78 Å². The van der Waals surface area contributed by atoms with Crippen LogP contribution >= 0.6 is 0 Å². The van der Waals surface area contributed by atoms with E-state index in [0.29, 0.717) is 24.3 Å². The van der Waals surface area contributed by atoms with Gasteiger partial charge >= 0.3 is 0 Å². The molecule has 5 heteroatoms. The number of hydrogen-bond donors (Lipinski definition) is 2. The Morgan fingerprint density at radius 2 is 1.72 bits per heavy atom. The van der Waals surface area contributed by atoms with Gasteiger partial charge in [0.1, 0.15) is 11.5 Å². The average Bonchev–Trinajstić information content (AvgIpc) is 2.61. The molecule has 0 saturated heterocycles. The fourth-order valence-electron chi connectivity index (χ4n) is 4.55. The number of allylic oxidation sites excluding steroid dienone is 1. The third kappa shape index (κ3) is 2.00. The lowest BCUT2D eigenvalue weighted by atomic mass is 9.66. The van der Waals surface area contributed by atoms with Gasteiger partial charge in [-0.25, -0.2) is 0 Å². The molecule has 1 heterocycles. The van der Waals surface area contributed by atoms with Crippen LogP contribution in [0.1, 0.15) is 12.8 Å². The molecule has 1 spiro atoms. The highest BCUT2D eigenvalue weighted by atomic mass is 16.7. The molecule has 25 heavy (non-hydrogen) atoms. The van der Waals surface area contributed by atoms with Gasteiger partial charge in [-0.15, -0.1) is 0 Å². The molecule has 3 aliphatic rings. The van der Waals surface area contributed by atoms with E-state index in [0.717, 1.165) is 10.8 Å². The summed E-state index contributed by atoms with van der Waals surface area (Å²) >= 11 is 0. The van der Waals surface area contributed by atoms with Crippen molar-refractivity contribution in [3.8, 4) is 11.5 Å². The van der Waals surface area contributed by atoms with Gasteiger partial charge in [-0.2, -0.15) is 0 Å². The smallest absolute Gasteiger partial charge is 0.257 e. The number of fused-ring (bicyclic) bond motifs is 2. The maximum atomic E-state index is 12.4. The maximum absolute atomic E-state index is 12.4. The molecular weight excluding hydrogens is 320 g/mol. The number of ketones is 1. The quantitative estimate of drug-likeness (QED) is 0.770. The predicted molar refractivity (Wildman–Crippen MR) is 90.3 cm³/mol. The van der Waals surface area contributed by atoms with E-state index in [1.807, 2.05) is 36.4 Å². The molecule has 128 valence electrons. The van der Waals surface area contributed by atoms with E-state index < -0.39 is 29.8 Å². The lowest BCUT2D eigenvalue weighted by molar-refractivity contribution is -0.230. The molecule has 0 bridgehead atoms. The molecule has 0 radical (unpaired) electrons. The summed E-state index contributed by atoms with van der Waals surface area (Å²) in [7, 11) is 0. The van der Waals surface area contributed by atoms with Gasteiger partial charge in [0.2, 0.25) is 0 Å². The molecule has 0 amide bonds. The van der Waals surface area contributed by atoms with Crippen LogP contribution in [0.2, 0.25) is 0 Å². The molecule has 2 aromatic carbocycles. The van der Waals surface area contributed by atoms with E-state index in [4.69, 9.17) is 9.47 Å². The Morgan fingerprint density at radius 3 is 2.40 bits per heavy atom. The summed E-state index contributed by atoms with van der Waals surface area (Å²) in [4.78, 5) is 12.4. The van der Waals surface area contributed by atoms with Gasteiger partial charge in [-0.1, -0.05) is 30.3 Å². The van der Waals surface area contributed by atoms with Crippen LogP contribution in [0.5, 0.6) is 11.5 Å². The van der Waals surface area contributed by atoms with Crippen molar-refractivity contribution in [2.24, 2.45) is 11.8 Å². The van der Waals surface area contributed by atoms with Crippen LogP contribution in [0.25, 0.3) is 10.8 Å². The normalized spacial score (nSPS) is 32.2. The first kappa shape index (κ1) is 14.9. The molecule has 1 saturated carbocycles. The zero-order valence-corrected chi connectivity index (χ0v) is 13.5. The minimum absolute atomic E-state index is 0.189. The fraction of sp³-hybridized carbons (Fsp3) is 0.350. The second-order valence-electron chi connectivity index (χ2n) is 7.04. The number of benzene rings is 2. The molecule has 4 unspecified atom stereocenters. The van der Waals surface area contributed by atoms with E-state index >= 15 is 0 Å². The van der Waals surface area contributed by atoms with Crippen LogP contribution in [0, 0.1) is 11.8 Å². The van der Waals surface area contributed by atoms with E-state index in [1.54, 1.807) is 0 Å². The van der Waals surface area contributed by atoms with Gasteiger partial charge < -0.3 is 19.7 Å². The largest absolute Gasteiger partial charge is 0.451 e. The van der Waals surface area contributed by atoms with Crippen LogP contribution < -0.4 is 9.47 Å². The molecule has 5 nitrogen and oxygen atoms in total. The number of aliphatic hydroxyl groups excluding tert-OH is 2. The van der Waals surface area contributed by atoms with Crippen molar-refractivity contribution >= 4 is 16.6 Å². The number of carbonyl (C=O) groups is 1. The van der Waals surface area contributed by atoms with Crippen LogP contribution in [-0.2, 0) is 4.79 Å². The van der Waals surface area contributed by atoms with Crippen molar-refractivity contribution in [3.63, 3.8) is 0 Å². The number of aliphatic hydroxyl groups is 2. The van der Waals surface area contributed by atoms with E-state index in [2.05, 4.69) is 0 Å². The minimum Gasteiger partial charge on any atom is -0.451 e. The summed E-state index contributed by atoms with van der Waals surface area (Å²) in [5.74, 6) is -1.36. The number of rotatable bonds is 0. The zero-order valence-electron chi connectivity index (χ0n) is 13.5. The highest BCUT2D eigenvalue weighted by molar-refractivity contribution is 5.95. The summed E-state index contributed by atoms with van der Waals surface area (Å²) in [6.07, 6.45) is 1.89. The average molecular weight is 338 g/mol. The molecule has 4 atom stereocenters. The Balaban J connectivity index is 1.67. The van der Waals surface area contributed by atoms with Crippen LogP contribution in [0.3, 0.4) is 0 Å². The fourth-order valence-corrected chi connectivity index (χ4v) is 4.55.